The van der Waals surface area contributed by atoms with Gasteiger partial charge in [0.25, 0.3) is 21.0 Å². The van der Waals surface area contributed by atoms with E-state index in [1.807, 2.05) is 54.6 Å². The quantitative estimate of drug-likeness (QED) is 0.122. The van der Waals surface area contributed by atoms with E-state index in [4.69, 9.17) is 0 Å². The summed E-state index contributed by atoms with van der Waals surface area (Å²) in [4.78, 5) is 3.25. The Balaban J connectivity index is 1.32. The zero-order valence-electron chi connectivity index (χ0n) is 26.5. The van der Waals surface area contributed by atoms with Crippen LogP contribution in [0.1, 0.15) is 38.1 Å². The third-order valence-electron chi connectivity index (χ3n) is 8.66. The normalized spacial score (nSPS) is 18.3. The van der Waals surface area contributed by atoms with E-state index in [0.29, 0.717) is 6.54 Å². The van der Waals surface area contributed by atoms with Crippen molar-refractivity contribution in [2.45, 2.75) is 43.9 Å². The highest BCUT2D eigenvalue weighted by molar-refractivity contribution is 8.03. The molecule has 1 aliphatic heterocycles. The molecule has 0 atom stereocenters. The maximum atomic E-state index is 12.3. The number of hydrogen-bond acceptors (Lipinski definition) is 7. The molecule has 2 aliphatic rings. The lowest BCUT2D eigenvalue weighted by Gasteiger charge is -2.31. The van der Waals surface area contributed by atoms with Crippen LogP contribution in [0.3, 0.4) is 0 Å². The molecule has 7 rings (SSSR count). The van der Waals surface area contributed by atoms with E-state index in [2.05, 4.69) is 55.2 Å². The first kappa shape index (κ1) is 33.0. The lowest BCUT2D eigenvalue weighted by Crippen LogP contribution is -2.39. The van der Waals surface area contributed by atoms with Gasteiger partial charge >= 0.3 is 10.1 Å². The van der Waals surface area contributed by atoms with Crippen LogP contribution < -0.4 is 9.47 Å². The molecule has 1 aromatic heterocycles. The Hall–Kier alpha value is -3.52. The Morgan fingerprint density at radius 2 is 1.54 bits per heavy atom. The van der Waals surface area contributed by atoms with Crippen LogP contribution in [0.15, 0.2) is 106 Å². The van der Waals surface area contributed by atoms with Gasteiger partial charge in [0.05, 0.1) is 21.9 Å². The predicted octanol–water partition coefficient (Wildman–Crippen LogP) is 8.20. The number of rotatable bonds is 8. The van der Waals surface area contributed by atoms with Gasteiger partial charge in [-0.15, -0.1) is 0 Å². The summed E-state index contributed by atoms with van der Waals surface area (Å²) >= 11 is 3.14. The first-order chi connectivity index (χ1) is 22.7. The summed E-state index contributed by atoms with van der Waals surface area (Å²) in [6.07, 6.45) is 8.23. The van der Waals surface area contributed by atoms with E-state index < -0.39 is 26.1 Å². The summed E-state index contributed by atoms with van der Waals surface area (Å²) in [7, 11) is -8.43. The minimum atomic E-state index is -4.33. The van der Waals surface area contributed by atoms with Crippen molar-refractivity contribution in [2.75, 3.05) is 17.2 Å². The number of hydrogen-bond donors (Lipinski definition) is 2. The average Bonchev–Trinajstić information content (AvgIpc) is 3.52. The van der Waals surface area contributed by atoms with Crippen molar-refractivity contribution in [1.82, 2.24) is 0 Å². The molecule has 0 bridgehead atoms. The van der Waals surface area contributed by atoms with Crippen LogP contribution in [-0.4, -0.2) is 38.2 Å². The highest BCUT2D eigenvalue weighted by atomic mass is 32.2. The van der Waals surface area contributed by atoms with Crippen LogP contribution in [-0.2, 0) is 26.1 Å². The fourth-order valence-electron chi connectivity index (χ4n) is 6.89. The van der Waals surface area contributed by atoms with Gasteiger partial charge in [-0.1, -0.05) is 97.6 Å². The Morgan fingerprint density at radius 3 is 2.27 bits per heavy atom. The molecule has 0 amide bonds. The van der Waals surface area contributed by atoms with Gasteiger partial charge in [0.1, 0.15) is 4.70 Å². The third kappa shape index (κ3) is 6.96. The van der Waals surface area contributed by atoms with Crippen LogP contribution in [0.5, 0.6) is 0 Å². The average molecular weight is 720 g/mol. The summed E-state index contributed by atoms with van der Waals surface area (Å²) in [6, 6.07) is 24.2. The molecular formula is C36H35N2O6S4+. The molecule has 0 spiro atoms. The zero-order valence-corrected chi connectivity index (χ0v) is 29.7. The fourth-order valence-corrected chi connectivity index (χ4v) is 10.4. The summed E-state index contributed by atoms with van der Waals surface area (Å²) in [5.74, 6) is -0.871. The molecule has 48 heavy (non-hydrogen) atoms. The van der Waals surface area contributed by atoms with Crippen molar-refractivity contribution in [3.8, 4) is 0 Å². The highest BCUT2D eigenvalue weighted by Gasteiger charge is 2.32. The molecule has 2 N–H and O–H groups in total. The fraction of sp³-hybridized carbons (Fsp3) is 0.250. The number of allylic oxidation sites excluding steroid dienone is 4. The first-order valence-corrected chi connectivity index (χ1v) is 20.4. The number of thioether (sulfide) groups is 1. The van der Waals surface area contributed by atoms with E-state index in [0.717, 1.165) is 76.4 Å². The Bertz CT molecular complexity index is 2430. The summed E-state index contributed by atoms with van der Waals surface area (Å²) in [6.45, 7) is 4.85. The molecular weight excluding hydrogens is 685 g/mol. The van der Waals surface area contributed by atoms with Crippen LogP contribution in [0.25, 0.3) is 37.8 Å². The topological polar surface area (TPSA) is 116 Å². The molecule has 0 radical (unpaired) electrons. The first-order valence-electron chi connectivity index (χ1n) is 15.6. The van der Waals surface area contributed by atoms with E-state index in [9.17, 15) is 25.9 Å². The summed E-state index contributed by atoms with van der Waals surface area (Å²) < 4.78 is 69.7. The summed E-state index contributed by atoms with van der Waals surface area (Å²) in [5, 5.41) is 5.80. The molecule has 0 unspecified atom stereocenters. The standard InChI is InChI=1S/C36H34N2O6S4/c1-36(2)21-24(19-32-37(16-7-17-47(39,40)41)34-28-10-5-3-8-26(28)12-14-30(34)45-32)18-25(22-36)20-33-38(23-48(42,43)44)35-29-11-6-4-9-27(29)13-15-31(35)46-33/h3-6,8-15,18-20H,7,16-17,21-23H2,1-2H3,(H-,39,40,41,42,43,44)/p+1. The number of nitrogens with zero attached hydrogens (tertiary/aromatic N) is 2. The van der Waals surface area contributed by atoms with Crippen LogP contribution in [0.2, 0.25) is 0 Å². The van der Waals surface area contributed by atoms with Crippen molar-refractivity contribution in [2.24, 2.45) is 5.41 Å². The highest BCUT2D eigenvalue weighted by Crippen LogP contribution is 2.51. The SMILES string of the molecule is CC1(C)CC(C=C2Sc3ccc4ccccc4c3N2CCCS(=O)(=O)O)=CC(=Cc2sc3ccc4ccccc4c3[n+]2CS(=O)(=O)O)C1. The van der Waals surface area contributed by atoms with Gasteiger partial charge < -0.3 is 4.90 Å². The number of aromatic nitrogens is 1. The van der Waals surface area contributed by atoms with Crippen molar-refractivity contribution in [3.63, 3.8) is 0 Å². The van der Waals surface area contributed by atoms with E-state index in [-0.39, 0.29) is 17.6 Å². The van der Waals surface area contributed by atoms with Gasteiger partial charge in [0.2, 0.25) is 5.52 Å². The summed E-state index contributed by atoms with van der Waals surface area (Å²) in [5.41, 5.74) is 3.86. The number of benzene rings is 4. The number of fused-ring (bicyclic) bond motifs is 6. The second-order valence-corrected chi connectivity index (χ2v) is 18.3. The molecule has 8 nitrogen and oxygen atoms in total. The van der Waals surface area contributed by atoms with Crippen molar-refractivity contribution in [3.05, 3.63) is 106 Å². The number of thiazole rings is 1. The van der Waals surface area contributed by atoms with Gasteiger partial charge in [0.15, 0.2) is 0 Å². The third-order valence-corrected chi connectivity index (χ3v) is 12.2. The van der Waals surface area contributed by atoms with Gasteiger partial charge in [-0.3, -0.25) is 9.11 Å². The largest absolute Gasteiger partial charge is 0.334 e. The second kappa shape index (κ2) is 12.4. The molecule has 5 aromatic rings. The van der Waals surface area contributed by atoms with Crippen molar-refractivity contribution < 1.29 is 30.5 Å². The predicted molar refractivity (Wildman–Crippen MR) is 196 cm³/mol. The molecule has 12 heteroatoms. The molecule has 2 heterocycles. The molecule has 1 aliphatic carbocycles. The van der Waals surface area contributed by atoms with Crippen LogP contribution in [0.4, 0.5) is 5.69 Å². The minimum Gasteiger partial charge on any atom is -0.334 e. The lowest BCUT2D eigenvalue weighted by molar-refractivity contribution is -0.648. The minimum absolute atomic E-state index is 0.0944. The smallest absolute Gasteiger partial charge is 0.326 e. The Morgan fingerprint density at radius 1 is 0.854 bits per heavy atom. The van der Waals surface area contributed by atoms with Crippen LogP contribution >= 0.6 is 23.1 Å². The van der Waals surface area contributed by atoms with Crippen molar-refractivity contribution in [1.29, 1.82) is 0 Å². The monoisotopic (exact) mass is 719 g/mol. The maximum Gasteiger partial charge on any atom is 0.326 e. The Kier molecular flexibility index (Phi) is 8.54. The van der Waals surface area contributed by atoms with Crippen LogP contribution in [0, 0.1) is 5.41 Å². The second-order valence-electron chi connectivity index (χ2n) is 13.2. The van der Waals surface area contributed by atoms with Gasteiger partial charge in [-0.05, 0) is 70.9 Å². The molecule has 0 fully saturated rings. The lowest BCUT2D eigenvalue weighted by atomic mass is 9.75. The maximum absolute atomic E-state index is 12.3. The van der Waals surface area contributed by atoms with Crippen molar-refractivity contribution >= 4 is 86.9 Å². The zero-order chi connectivity index (χ0) is 33.8. The molecule has 0 saturated heterocycles. The molecule has 4 aromatic carbocycles. The van der Waals surface area contributed by atoms with Gasteiger partial charge in [-0.2, -0.15) is 21.4 Å². The Labute approximate surface area is 288 Å². The number of anilines is 1. The van der Waals surface area contributed by atoms with E-state index >= 15 is 0 Å². The van der Waals surface area contributed by atoms with Gasteiger partial charge in [-0.25, -0.2) is 0 Å². The molecule has 248 valence electrons. The molecule has 0 saturated carbocycles. The van der Waals surface area contributed by atoms with E-state index in [1.54, 1.807) is 16.3 Å². The van der Waals surface area contributed by atoms with Gasteiger partial charge in [0, 0.05) is 22.9 Å². The van der Waals surface area contributed by atoms with E-state index in [1.165, 1.54) is 11.3 Å².